The van der Waals surface area contributed by atoms with Crippen molar-refractivity contribution >= 4 is 9.84 Å². The van der Waals surface area contributed by atoms with Gasteiger partial charge < -0.3 is 5.11 Å². The van der Waals surface area contributed by atoms with E-state index in [-0.39, 0.29) is 10.7 Å². The second kappa shape index (κ2) is 11.8. The minimum absolute atomic E-state index is 0.218. The van der Waals surface area contributed by atoms with Gasteiger partial charge in [-0.3, -0.25) is 9.36 Å². The van der Waals surface area contributed by atoms with E-state index in [1.165, 1.54) is 35.0 Å². The fraction of sp³-hybridized carbons (Fsp3) is 0.267. The van der Waals surface area contributed by atoms with Crippen molar-refractivity contribution in [2.24, 2.45) is 0 Å². The van der Waals surface area contributed by atoms with Gasteiger partial charge in [0.05, 0.1) is 22.6 Å². The summed E-state index contributed by atoms with van der Waals surface area (Å²) in [6, 6.07) is 15.5. The molecule has 0 saturated heterocycles. The zero-order valence-corrected chi connectivity index (χ0v) is 23.2. The first kappa shape index (κ1) is 28.6. The highest BCUT2D eigenvalue weighted by Gasteiger charge is 2.31. The lowest BCUT2D eigenvalue weighted by atomic mass is 10.0. The Morgan fingerprint density at radius 1 is 1.12 bits per heavy atom. The van der Waals surface area contributed by atoms with Crippen molar-refractivity contribution in [2.45, 2.75) is 62.3 Å². The zero-order chi connectivity index (χ0) is 29.0. The van der Waals surface area contributed by atoms with Crippen LogP contribution in [0.4, 0.5) is 4.39 Å². The zero-order valence-electron chi connectivity index (χ0n) is 22.4. The van der Waals surface area contributed by atoms with Crippen LogP contribution in [0.5, 0.6) is 5.88 Å². The highest BCUT2D eigenvalue weighted by molar-refractivity contribution is 7.91. The molecule has 0 aliphatic rings. The molecular formula is C30H29FN4O4S. The summed E-state index contributed by atoms with van der Waals surface area (Å²) in [6.07, 6.45) is 3.56. The lowest BCUT2D eigenvalue weighted by Gasteiger charge is -2.23. The van der Waals surface area contributed by atoms with Gasteiger partial charge in [-0.15, -0.1) is 0 Å². The molecule has 4 rings (SSSR count). The normalized spacial score (nSPS) is 12.2. The molecule has 0 amide bonds. The highest BCUT2D eigenvalue weighted by Crippen LogP contribution is 2.31. The monoisotopic (exact) mass is 560 g/mol. The maximum Gasteiger partial charge on any atom is 0.277 e. The van der Waals surface area contributed by atoms with Gasteiger partial charge in [0.25, 0.3) is 5.56 Å². The Labute approximate surface area is 232 Å². The number of hydrogen-bond donors (Lipinski definition) is 1. The van der Waals surface area contributed by atoms with Gasteiger partial charge in [0.2, 0.25) is 21.7 Å². The van der Waals surface area contributed by atoms with E-state index in [0.29, 0.717) is 47.1 Å². The number of benzene rings is 2. The molecule has 0 bridgehead atoms. The quantitative estimate of drug-likeness (QED) is 0.268. The van der Waals surface area contributed by atoms with Crippen LogP contribution in [0.2, 0.25) is 0 Å². The fourth-order valence-electron chi connectivity index (χ4n) is 4.75. The van der Waals surface area contributed by atoms with Crippen LogP contribution in [0, 0.1) is 24.2 Å². The second-order valence-corrected chi connectivity index (χ2v) is 11.3. The molecule has 0 aliphatic heterocycles. The Kier molecular flexibility index (Phi) is 8.45. The first-order valence-corrected chi connectivity index (χ1v) is 14.4. The van der Waals surface area contributed by atoms with Crippen molar-refractivity contribution in [3.8, 4) is 23.1 Å². The van der Waals surface area contributed by atoms with E-state index in [2.05, 4.69) is 16.0 Å². The average molecular weight is 561 g/mol. The third-order valence-electron chi connectivity index (χ3n) is 6.87. The third kappa shape index (κ3) is 5.38. The van der Waals surface area contributed by atoms with Crippen LogP contribution in [0.1, 0.15) is 61.7 Å². The summed E-state index contributed by atoms with van der Waals surface area (Å²) in [5.41, 5.74) is 1.61. The summed E-state index contributed by atoms with van der Waals surface area (Å²) in [7, 11) is -4.50. The van der Waals surface area contributed by atoms with Crippen molar-refractivity contribution in [3.05, 3.63) is 99.6 Å². The van der Waals surface area contributed by atoms with Gasteiger partial charge in [-0.25, -0.2) is 13.4 Å². The Hall–Kier alpha value is -4.36. The molecule has 0 saturated carbocycles. The van der Waals surface area contributed by atoms with Gasteiger partial charge >= 0.3 is 0 Å². The van der Waals surface area contributed by atoms with Crippen molar-refractivity contribution in [1.82, 2.24) is 14.5 Å². The summed E-state index contributed by atoms with van der Waals surface area (Å²) in [6.45, 7) is 5.40. The summed E-state index contributed by atoms with van der Waals surface area (Å²) >= 11 is 0. The molecule has 1 N–H and O–H groups in total. The molecule has 0 radical (unpaired) electrons. The van der Waals surface area contributed by atoms with E-state index in [0.717, 1.165) is 6.42 Å². The smallest absolute Gasteiger partial charge is 0.277 e. The molecule has 0 fully saturated rings. The van der Waals surface area contributed by atoms with Crippen LogP contribution in [0.15, 0.2) is 75.4 Å². The minimum atomic E-state index is -4.50. The molecule has 0 aliphatic carbocycles. The number of hydrogen-bond acceptors (Lipinski definition) is 7. The number of aromatic nitrogens is 3. The van der Waals surface area contributed by atoms with Crippen molar-refractivity contribution < 1.29 is 17.9 Å². The van der Waals surface area contributed by atoms with Crippen LogP contribution < -0.4 is 5.56 Å². The molecule has 8 nitrogen and oxygen atoms in total. The van der Waals surface area contributed by atoms with E-state index in [1.54, 1.807) is 37.3 Å². The lowest BCUT2D eigenvalue weighted by molar-refractivity contribution is 0.406. The molecule has 1 atom stereocenters. The molecule has 2 heterocycles. The van der Waals surface area contributed by atoms with Crippen LogP contribution in [-0.2, 0) is 16.3 Å². The molecule has 40 heavy (non-hydrogen) atoms. The maximum atomic E-state index is 14.0. The number of rotatable bonds is 9. The van der Waals surface area contributed by atoms with Crippen LogP contribution in [0.3, 0.4) is 0 Å². The number of nitriles is 1. The summed E-state index contributed by atoms with van der Waals surface area (Å²) < 4.78 is 42.8. The summed E-state index contributed by atoms with van der Waals surface area (Å²) in [5, 5.41) is 20.2. The van der Waals surface area contributed by atoms with E-state index in [4.69, 9.17) is 0 Å². The van der Waals surface area contributed by atoms with Crippen LogP contribution in [-0.4, -0.2) is 28.1 Å². The minimum Gasteiger partial charge on any atom is -0.492 e. The predicted molar refractivity (Wildman–Crippen MR) is 148 cm³/mol. The van der Waals surface area contributed by atoms with Crippen LogP contribution in [0.25, 0.3) is 11.1 Å². The molecule has 2 aromatic heterocycles. The van der Waals surface area contributed by atoms with Gasteiger partial charge in [-0.2, -0.15) is 14.6 Å². The van der Waals surface area contributed by atoms with Gasteiger partial charge in [0.15, 0.2) is 4.90 Å². The molecule has 10 heteroatoms. The average Bonchev–Trinajstić information content (AvgIpc) is 2.95. The molecule has 0 unspecified atom stereocenters. The third-order valence-corrected chi connectivity index (χ3v) is 8.66. The van der Waals surface area contributed by atoms with Gasteiger partial charge in [0.1, 0.15) is 5.82 Å². The number of unbranched alkanes of at least 4 members (excludes halogenated alkanes) is 1. The Morgan fingerprint density at radius 3 is 2.50 bits per heavy atom. The largest absolute Gasteiger partial charge is 0.492 e. The Morgan fingerprint density at radius 2 is 1.85 bits per heavy atom. The predicted octanol–water partition coefficient (Wildman–Crippen LogP) is 5.50. The first-order valence-electron chi connectivity index (χ1n) is 12.9. The maximum absolute atomic E-state index is 14.0. The van der Waals surface area contributed by atoms with E-state index in [9.17, 15) is 28.0 Å². The van der Waals surface area contributed by atoms with Gasteiger partial charge in [0, 0.05) is 18.2 Å². The number of nitrogens with zero attached hydrogens (tertiary/aromatic N) is 4. The van der Waals surface area contributed by atoms with Gasteiger partial charge in [-0.05, 0) is 66.8 Å². The molecular weight excluding hydrogens is 531 g/mol. The highest BCUT2D eigenvalue weighted by atomic mass is 32.2. The summed E-state index contributed by atoms with van der Waals surface area (Å²) in [4.78, 5) is 20.8. The topological polar surface area (TPSA) is 126 Å². The Bertz CT molecular complexity index is 1760. The van der Waals surface area contributed by atoms with Crippen molar-refractivity contribution in [1.29, 1.82) is 5.26 Å². The van der Waals surface area contributed by atoms with Gasteiger partial charge in [-0.1, -0.05) is 44.5 Å². The number of aromatic hydroxyl groups is 1. The number of sulfone groups is 1. The summed E-state index contributed by atoms with van der Waals surface area (Å²) in [5.74, 6) is -1.22. The van der Waals surface area contributed by atoms with E-state index in [1.807, 2.05) is 13.8 Å². The lowest BCUT2D eigenvalue weighted by Crippen LogP contribution is -2.33. The molecule has 4 aromatic rings. The standard InChI is InChI=1S/C30H29FN4O4S/c1-4-6-10-26-34-29(36)27(30(37)35(26)25(5-2)22-9-7-8-20(17-22)18-32)40(38,39)23-13-11-21(12-14-23)24-15-16-33-28(31)19(24)3/h7-9,11-17,25,36H,4-6,10H2,1-3H3/t25-/m0/s1. The number of aryl methyl sites for hydroxylation is 1. The first-order chi connectivity index (χ1) is 19.1. The van der Waals surface area contributed by atoms with Crippen LogP contribution >= 0.6 is 0 Å². The van der Waals surface area contributed by atoms with Crippen molar-refractivity contribution in [2.75, 3.05) is 0 Å². The van der Waals surface area contributed by atoms with E-state index >= 15 is 0 Å². The molecule has 0 spiro atoms. The van der Waals surface area contributed by atoms with Crippen molar-refractivity contribution in [3.63, 3.8) is 0 Å². The SMILES string of the molecule is CCCCc1nc(O)c(S(=O)(=O)c2ccc(-c3ccnc(F)c3C)cc2)c(=O)n1[C@@H](CC)c1cccc(C#N)c1. The van der Waals surface area contributed by atoms with E-state index < -0.39 is 38.2 Å². The Balaban J connectivity index is 1.88. The number of halogens is 1. The molecule has 206 valence electrons. The second-order valence-electron chi connectivity index (χ2n) is 9.42. The number of pyridine rings is 1. The fourth-order valence-corrected chi connectivity index (χ4v) is 6.10. The molecule has 2 aromatic carbocycles.